The quantitative estimate of drug-likeness (QED) is 0.411. The second-order valence-corrected chi connectivity index (χ2v) is 9.44. The van der Waals surface area contributed by atoms with Gasteiger partial charge in [-0.25, -0.2) is 0 Å². The molecule has 0 bridgehead atoms. The molecule has 1 fully saturated rings. The molecule has 6 nitrogen and oxygen atoms in total. The lowest BCUT2D eigenvalue weighted by atomic mass is 9.96. The van der Waals surface area contributed by atoms with E-state index in [9.17, 15) is 18.0 Å². The van der Waals surface area contributed by atoms with E-state index < -0.39 is 18.2 Å². The monoisotopic (exact) mass is 561 g/mol. The molecule has 1 saturated heterocycles. The third-order valence-corrected chi connectivity index (χ3v) is 6.58. The second-order valence-electron chi connectivity index (χ2n) is 9.03. The van der Waals surface area contributed by atoms with Crippen LogP contribution in [0.3, 0.4) is 0 Å². The van der Waals surface area contributed by atoms with Crippen LogP contribution in [0.1, 0.15) is 30.9 Å². The number of alkyl halides is 3. The average molecular weight is 562 g/mol. The van der Waals surface area contributed by atoms with Gasteiger partial charge in [0.1, 0.15) is 30.5 Å². The van der Waals surface area contributed by atoms with Crippen LogP contribution in [0.15, 0.2) is 42.0 Å². The van der Waals surface area contributed by atoms with E-state index in [1.54, 1.807) is 12.1 Å². The first-order valence-electron chi connectivity index (χ1n) is 11.6. The normalized spacial score (nSPS) is 17.1. The van der Waals surface area contributed by atoms with Crippen LogP contribution >= 0.6 is 24.0 Å². The number of carbonyl (C=O) groups is 1. The van der Waals surface area contributed by atoms with E-state index in [4.69, 9.17) is 30.9 Å². The van der Waals surface area contributed by atoms with Crippen LogP contribution in [-0.4, -0.2) is 54.5 Å². The average Bonchev–Trinajstić information content (AvgIpc) is 2.84. The highest BCUT2D eigenvalue weighted by atomic mass is 35.5. The molecule has 1 atom stereocenters. The number of halogens is 5. The first kappa shape index (κ1) is 28.9. The van der Waals surface area contributed by atoms with Gasteiger partial charge < -0.3 is 19.3 Å². The smallest absolute Gasteiger partial charge is 0.425 e. The summed E-state index contributed by atoms with van der Waals surface area (Å²) in [7, 11) is 0. The highest BCUT2D eigenvalue weighted by Gasteiger charge is 2.38. The van der Waals surface area contributed by atoms with E-state index in [0.29, 0.717) is 36.5 Å². The van der Waals surface area contributed by atoms with Crippen molar-refractivity contribution in [2.75, 3.05) is 26.2 Å². The summed E-state index contributed by atoms with van der Waals surface area (Å²) in [5.41, 5.74) is 2.74. The Hall–Kier alpha value is -2.62. The Labute approximate surface area is 224 Å². The molecule has 0 amide bonds. The van der Waals surface area contributed by atoms with Gasteiger partial charge in [-0.2, -0.15) is 13.2 Å². The van der Waals surface area contributed by atoms with Crippen molar-refractivity contribution < 1.29 is 37.3 Å². The maximum Gasteiger partial charge on any atom is 0.425 e. The van der Waals surface area contributed by atoms with Crippen molar-refractivity contribution in [1.82, 2.24) is 4.90 Å². The Morgan fingerprint density at radius 3 is 2.59 bits per heavy atom. The Morgan fingerprint density at radius 1 is 1.22 bits per heavy atom. The highest BCUT2D eigenvalue weighted by Crippen LogP contribution is 2.33. The predicted octanol–water partition coefficient (Wildman–Crippen LogP) is 6.24. The van der Waals surface area contributed by atoms with Crippen molar-refractivity contribution in [3.8, 4) is 17.2 Å². The number of nitrogens with zero attached hydrogens (tertiary/aromatic N) is 1. The van der Waals surface area contributed by atoms with Gasteiger partial charge in [-0.05, 0) is 74.3 Å². The van der Waals surface area contributed by atoms with Gasteiger partial charge >= 0.3 is 12.1 Å². The minimum absolute atomic E-state index is 0. The van der Waals surface area contributed by atoms with Crippen LogP contribution in [0.5, 0.6) is 17.2 Å². The molecule has 1 N–H and O–H groups in total. The summed E-state index contributed by atoms with van der Waals surface area (Å²) in [5, 5.41) is 9.23. The Balaban J connectivity index is 0.00000380. The Kier molecular flexibility index (Phi) is 9.61. The van der Waals surface area contributed by atoms with Crippen LogP contribution < -0.4 is 14.2 Å². The summed E-state index contributed by atoms with van der Waals surface area (Å²) in [5.74, 6) is 0.275. The minimum Gasteiger partial charge on any atom is -0.489 e. The molecule has 0 aliphatic carbocycles. The van der Waals surface area contributed by atoms with Crippen molar-refractivity contribution in [2.24, 2.45) is 5.92 Å². The number of hydrogen-bond donors (Lipinski definition) is 1. The predicted molar refractivity (Wildman–Crippen MR) is 136 cm³/mol. The summed E-state index contributed by atoms with van der Waals surface area (Å²) < 4.78 is 54.8. The van der Waals surface area contributed by atoms with Gasteiger partial charge in [-0.3, -0.25) is 9.69 Å². The number of piperidine rings is 1. The third kappa shape index (κ3) is 7.69. The first-order chi connectivity index (χ1) is 17.1. The molecule has 0 spiro atoms. The summed E-state index contributed by atoms with van der Waals surface area (Å²) in [4.78, 5) is 13.4. The molecule has 202 valence electrons. The molecule has 0 unspecified atom stereocenters. The maximum absolute atomic E-state index is 12.7. The maximum atomic E-state index is 12.7. The van der Waals surface area contributed by atoms with Gasteiger partial charge in [0.2, 0.25) is 0 Å². The molecule has 2 aliphatic heterocycles. The van der Waals surface area contributed by atoms with E-state index in [2.05, 4.69) is 11.0 Å². The molecule has 37 heavy (non-hydrogen) atoms. The fourth-order valence-corrected chi connectivity index (χ4v) is 4.40. The van der Waals surface area contributed by atoms with Gasteiger partial charge in [0.25, 0.3) is 0 Å². The van der Waals surface area contributed by atoms with Crippen LogP contribution in [0.4, 0.5) is 13.2 Å². The number of carboxylic acid groups (broad SMARTS) is 1. The van der Waals surface area contributed by atoms with E-state index in [-0.39, 0.29) is 35.7 Å². The van der Waals surface area contributed by atoms with Crippen LogP contribution in [0, 0.1) is 5.92 Å². The molecular formula is C26H28Cl2F3NO5. The lowest BCUT2D eigenvalue weighted by molar-refractivity contribution is -0.189. The number of benzene rings is 2. The zero-order valence-corrected chi connectivity index (χ0v) is 21.7. The fourth-order valence-electron chi connectivity index (χ4n) is 4.15. The third-order valence-electron chi connectivity index (χ3n) is 6.29. The van der Waals surface area contributed by atoms with Gasteiger partial charge in [0, 0.05) is 18.2 Å². The Bertz CT molecular complexity index is 1130. The number of rotatable bonds is 8. The number of ether oxygens (including phenoxy) is 3. The Morgan fingerprint density at radius 2 is 1.95 bits per heavy atom. The molecule has 2 aliphatic rings. The molecular weight excluding hydrogens is 534 g/mol. The largest absolute Gasteiger partial charge is 0.489 e. The van der Waals surface area contributed by atoms with E-state index in [1.165, 1.54) is 12.1 Å². The molecule has 0 saturated carbocycles. The molecule has 0 aromatic heterocycles. The molecule has 2 heterocycles. The van der Waals surface area contributed by atoms with Crippen molar-refractivity contribution >= 4 is 36.1 Å². The zero-order valence-electron chi connectivity index (χ0n) is 20.1. The van der Waals surface area contributed by atoms with Crippen molar-refractivity contribution in [1.29, 1.82) is 0 Å². The number of fused-ring (bicyclic) bond motifs is 1. The van der Waals surface area contributed by atoms with Crippen LogP contribution in [0.2, 0.25) is 5.02 Å². The summed E-state index contributed by atoms with van der Waals surface area (Å²) in [6.45, 7) is 3.79. The molecule has 2 aromatic rings. The molecule has 11 heteroatoms. The highest BCUT2D eigenvalue weighted by molar-refractivity contribution is 6.32. The second kappa shape index (κ2) is 12.3. The van der Waals surface area contributed by atoms with Crippen LogP contribution in [0.25, 0.3) is 6.08 Å². The summed E-state index contributed by atoms with van der Waals surface area (Å²) in [6.07, 6.45) is -3.03. The van der Waals surface area contributed by atoms with E-state index in [0.717, 1.165) is 37.7 Å². The summed E-state index contributed by atoms with van der Waals surface area (Å²) >= 11 is 6.10. The first-order valence-corrected chi connectivity index (χ1v) is 12.0. The SMILES string of the molecule is C[C@H](Oc1ccc(COc2ccc3c(c2)OCC(CN2CCC(C(=O)O)CC2)=C3)cc1Cl)C(F)(F)F.Cl. The van der Waals surface area contributed by atoms with E-state index in [1.807, 2.05) is 12.1 Å². The number of hydrogen-bond acceptors (Lipinski definition) is 5. The van der Waals surface area contributed by atoms with Gasteiger partial charge in [0.15, 0.2) is 6.10 Å². The summed E-state index contributed by atoms with van der Waals surface area (Å²) in [6, 6.07) is 10.0. The minimum atomic E-state index is -4.48. The van der Waals surface area contributed by atoms with Gasteiger partial charge in [0.05, 0.1) is 10.9 Å². The number of aliphatic carboxylic acids is 1. The van der Waals surface area contributed by atoms with Gasteiger partial charge in [-0.15, -0.1) is 12.4 Å². The van der Waals surface area contributed by atoms with Gasteiger partial charge in [-0.1, -0.05) is 17.7 Å². The number of likely N-dealkylation sites (tertiary alicyclic amines) is 1. The van der Waals surface area contributed by atoms with Crippen molar-refractivity contribution in [3.05, 3.63) is 58.1 Å². The van der Waals surface area contributed by atoms with Crippen molar-refractivity contribution in [3.63, 3.8) is 0 Å². The molecule has 4 rings (SSSR count). The van der Waals surface area contributed by atoms with Crippen molar-refractivity contribution in [2.45, 2.75) is 38.7 Å². The van der Waals surface area contributed by atoms with Crippen LogP contribution in [-0.2, 0) is 11.4 Å². The fraction of sp³-hybridized carbons (Fsp3) is 0.423. The topological polar surface area (TPSA) is 68.2 Å². The lowest BCUT2D eigenvalue weighted by Crippen LogP contribution is -2.38. The standard InChI is InChI=1S/C26H27ClF3NO5.ClH/c1-16(26(28,29)30)36-23-5-2-17(11-22(23)27)14-34-21-4-3-20-10-18(15-35-24(20)12-21)13-31-8-6-19(7-9-31)25(32)33;/h2-5,10-12,16,19H,6-9,13-15H2,1H3,(H,32,33);1H/t16-;/m0./s1. The van der Waals surface area contributed by atoms with E-state index >= 15 is 0 Å². The molecule has 0 radical (unpaired) electrons. The number of carboxylic acids is 1. The lowest BCUT2D eigenvalue weighted by Gasteiger charge is -2.31. The molecule has 2 aromatic carbocycles. The zero-order chi connectivity index (χ0) is 25.9.